The molecule has 3 nitrogen and oxygen atoms in total. The molecule has 0 aliphatic rings. The summed E-state index contributed by atoms with van der Waals surface area (Å²) in [6.45, 7) is 0. The lowest BCUT2D eigenvalue weighted by molar-refractivity contribution is 0.786. The van der Waals surface area contributed by atoms with Gasteiger partial charge in [-0.15, -0.1) is 0 Å². The smallest absolute Gasteiger partial charge is 0.159 e. The van der Waals surface area contributed by atoms with E-state index in [0.29, 0.717) is 5.15 Å². The van der Waals surface area contributed by atoms with E-state index in [9.17, 15) is 0 Å². The van der Waals surface area contributed by atoms with Crippen molar-refractivity contribution >= 4 is 38.6 Å². The Morgan fingerprint density at radius 3 is 3.08 bits per heavy atom. The number of pyridine rings is 1. The zero-order valence-electron chi connectivity index (χ0n) is 6.25. The molecule has 2 aromatic rings. The van der Waals surface area contributed by atoms with Crippen molar-refractivity contribution in [2.75, 3.05) is 0 Å². The van der Waals surface area contributed by atoms with E-state index in [1.807, 2.05) is 13.1 Å². The first-order valence-corrected chi connectivity index (χ1v) is 4.49. The standard InChI is InChI=1S/C7H5BrClN3/c1-12-7-4(3-10-12)2-5(8)6(9)11-7/h2-3H,1H3. The highest BCUT2D eigenvalue weighted by molar-refractivity contribution is 9.10. The fourth-order valence-corrected chi connectivity index (χ4v) is 1.50. The summed E-state index contributed by atoms with van der Waals surface area (Å²) in [4.78, 5) is 4.15. The third kappa shape index (κ3) is 1.11. The first kappa shape index (κ1) is 8.01. The maximum Gasteiger partial charge on any atom is 0.159 e. The van der Waals surface area contributed by atoms with Gasteiger partial charge in [-0.25, -0.2) is 4.98 Å². The minimum Gasteiger partial charge on any atom is -0.250 e. The molecule has 2 aromatic heterocycles. The minimum absolute atomic E-state index is 0.464. The van der Waals surface area contributed by atoms with Crippen molar-refractivity contribution in [3.63, 3.8) is 0 Å². The molecule has 0 fully saturated rings. The molecule has 0 saturated carbocycles. The van der Waals surface area contributed by atoms with E-state index in [1.54, 1.807) is 10.9 Å². The Morgan fingerprint density at radius 2 is 2.33 bits per heavy atom. The Kier molecular flexibility index (Phi) is 1.81. The van der Waals surface area contributed by atoms with E-state index in [0.717, 1.165) is 15.5 Å². The van der Waals surface area contributed by atoms with Crippen molar-refractivity contribution in [1.82, 2.24) is 14.8 Å². The van der Waals surface area contributed by atoms with Gasteiger partial charge in [0.2, 0.25) is 0 Å². The second-order valence-corrected chi connectivity index (χ2v) is 3.65. The van der Waals surface area contributed by atoms with Gasteiger partial charge >= 0.3 is 0 Å². The Hall–Kier alpha value is -0.610. The Bertz CT molecular complexity index is 437. The molecule has 0 unspecified atom stereocenters. The van der Waals surface area contributed by atoms with E-state index < -0.39 is 0 Å². The third-order valence-corrected chi connectivity index (χ3v) is 2.74. The summed E-state index contributed by atoms with van der Waals surface area (Å²) in [6, 6.07) is 1.90. The van der Waals surface area contributed by atoms with Gasteiger partial charge in [-0.1, -0.05) is 11.6 Å². The van der Waals surface area contributed by atoms with Gasteiger partial charge in [-0.3, -0.25) is 4.68 Å². The zero-order chi connectivity index (χ0) is 8.72. The van der Waals surface area contributed by atoms with Gasteiger partial charge in [0, 0.05) is 12.4 Å². The number of hydrogen-bond donors (Lipinski definition) is 0. The minimum atomic E-state index is 0.464. The molecule has 0 spiro atoms. The predicted molar refractivity (Wildman–Crippen MR) is 51.2 cm³/mol. The van der Waals surface area contributed by atoms with Crippen LogP contribution in [0.1, 0.15) is 0 Å². The fraction of sp³-hybridized carbons (Fsp3) is 0.143. The number of rotatable bonds is 0. The monoisotopic (exact) mass is 245 g/mol. The predicted octanol–water partition coefficient (Wildman–Crippen LogP) is 2.38. The highest BCUT2D eigenvalue weighted by Gasteiger charge is 2.04. The Labute approximate surface area is 82.5 Å². The maximum atomic E-state index is 5.82. The lowest BCUT2D eigenvalue weighted by Crippen LogP contribution is -1.91. The molecular formula is C7H5BrClN3. The van der Waals surface area contributed by atoms with Crippen LogP contribution in [0.2, 0.25) is 5.15 Å². The second kappa shape index (κ2) is 2.71. The van der Waals surface area contributed by atoms with Gasteiger partial charge < -0.3 is 0 Å². The van der Waals surface area contributed by atoms with Crippen molar-refractivity contribution in [2.45, 2.75) is 0 Å². The van der Waals surface area contributed by atoms with Gasteiger partial charge in [0.1, 0.15) is 5.15 Å². The fourth-order valence-electron chi connectivity index (χ4n) is 1.03. The van der Waals surface area contributed by atoms with E-state index in [4.69, 9.17) is 11.6 Å². The normalized spacial score (nSPS) is 10.9. The quantitative estimate of drug-likeness (QED) is 0.668. The lowest BCUT2D eigenvalue weighted by atomic mass is 10.4. The van der Waals surface area contributed by atoms with Crippen molar-refractivity contribution in [3.8, 4) is 0 Å². The zero-order valence-corrected chi connectivity index (χ0v) is 8.59. The SMILES string of the molecule is Cn1ncc2cc(Br)c(Cl)nc21. The highest BCUT2D eigenvalue weighted by atomic mass is 79.9. The lowest BCUT2D eigenvalue weighted by Gasteiger charge is -1.96. The van der Waals surface area contributed by atoms with Gasteiger partial charge in [-0.05, 0) is 22.0 Å². The average molecular weight is 246 g/mol. The van der Waals surface area contributed by atoms with Crippen LogP contribution in [-0.2, 0) is 7.05 Å². The largest absolute Gasteiger partial charge is 0.250 e. The highest BCUT2D eigenvalue weighted by Crippen LogP contribution is 2.24. The molecule has 0 atom stereocenters. The summed E-state index contributed by atoms with van der Waals surface area (Å²) in [5, 5.41) is 5.50. The van der Waals surface area contributed by atoms with Crippen LogP contribution < -0.4 is 0 Å². The molecule has 0 N–H and O–H groups in total. The van der Waals surface area contributed by atoms with Crippen LogP contribution in [0.4, 0.5) is 0 Å². The number of fused-ring (bicyclic) bond motifs is 1. The first-order chi connectivity index (χ1) is 5.68. The number of nitrogens with zero attached hydrogens (tertiary/aromatic N) is 3. The third-order valence-electron chi connectivity index (χ3n) is 1.62. The van der Waals surface area contributed by atoms with Crippen LogP contribution in [-0.4, -0.2) is 14.8 Å². The summed E-state index contributed by atoms with van der Waals surface area (Å²) >= 11 is 9.11. The van der Waals surface area contributed by atoms with Crippen molar-refractivity contribution in [2.24, 2.45) is 7.05 Å². The van der Waals surface area contributed by atoms with Crippen molar-refractivity contribution < 1.29 is 0 Å². The van der Waals surface area contributed by atoms with Crippen LogP contribution in [0, 0.1) is 0 Å². The topological polar surface area (TPSA) is 30.7 Å². The molecule has 2 heterocycles. The summed E-state index contributed by atoms with van der Waals surface area (Å²) in [7, 11) is 1.83. The Balaban J connectivity index is 2.87. The number of aromatic nitrogens is 3. The summed E-state index contributed by atoms with van der Waals surface area (Å²) < 4.78 is 2.48. The molecule has 0 bridgehead atoms. The van der Waals surface area contributed by atoms with Crippen molar-refractivity contribution in [3.05, 3.63) is 21.9 Å². The summed E-state index contributed by atoms with van der Waals surface area (Å²) in [6.07, 6.45) is 1.75. The van der Waals surface area contributed by atoms with Gasteiger partial charge in [-0.2, -0.15) is 5.10 Å². The van der Waals surface area contributed by atoms with E-state index >= 15 is 0 Å². The maximum absolute atomic E-state index is 5.82. The molecule has 5 heteroatoms. The molecule has 0 aromatic carbocycles. The summed E-state index contributed by atoms with van der Waals surface area (Å²) in [5.74, 6) is 0. The van der Waals surface area contributed by atoms with Crippen molar-refractivity contribution in [1.29, 1.82) is 0 Å². The average Bonchev–Trinajstić information content (AvgIpc) is 2.35. The van der Waals surface area contributed by atoms with Crippen LogP contribution in [0.15, 0.2) is 16.7 Å². The molecule has 62 valence electrons. The van der Waals surface area contributed by atoms with Crippen LogP contribution in [0.5, 0.6) is 0 Å². The number of hydrogen-bond acceptors (Lipinski definition) is 2. The molecule has 0 radical (unpaired) electrons. The number of aryl methyl sites for hydroxylation is 1. The molecule has 0 saturated heterocycles. The van der Waals surface area contributed by atoms with E-state index in [-0.39, 0.29) is 0 Å². The molecule has 0 aliphatic heterocycles. The van der Waals surface area contributed by atoms with Gasteiger partial charge in [0.25, 0.3) is 0 Å². The molecule has 0 amide bonds. The van der Waals surface area contributed by atoms with Gasteiger partial charge in [0.05, 0.1) is 10.7 Å². The summed E-state index contributed by atoms with van der Waals surface area (Å²) in [5.41, 5.74) is 0.795. The number of halogens is 2. The molecule has 2 rings (SSSR count). The van der Waals surface area contributed by atoms with Crippen LogP contribution in [0.3, 0.4) is 0 Å². The van der Waals surface area contributed by atoms with Crippen LogP contribution >= 0.6 is 27.5 Å². The molecule has 0 aliphatic carbocycles. The Morgan fingerprint density at radius 1 is 1.58 bits per heavy atom. The second-order valence-electron chi connectivity index (χ2n) is 2.44. The van der Waals surface area contributed by atoms with Gasteiger partial charge in [0.15, 0.2) is 5.65 Å². The first-order valence-electron chi connectivity index (χ1n) is 3.32. The van der Waals surface area contributed by atoms with E-state index in [1.165, 1.54) is 0 Å². The van der Waals surface area contributed by atoms with E-state index in [2.05, 4.69) is 26.0 Å². The van der Waals surface area contributed by atoms with Crippen LogP contribution in [0.25, 0.3) is 11.0 Å². The molecular weight excluding hydrogens is 241 g/mol. The molecule has 12 heavy (non-hydrogen) atoms.